The number of aryl methyl sites for hydroxylation is 1. The maximum Gasteiger partial charge on any atom is 0.345 e. The minimum Gasteiger partial charge on any atom is -0.477 e. The quantitative estimate of drug-likeness (QED) is 0.899. The maximum atomic E-state index is 11.7. The van der Waals surface area contributed by atoms with Crippen LogP contribution in [0.2, 0.25) is 0 Å². The van der Waals surface area contributed by atoms with Crippen molar-refractivity contribution in [1.29, 1.82) is 0 Å². The number of thiophene rings is 1. The summed E-state index contributed by atoms with van der Waals surface area (Å²) in [6.07, 6.45) is 2.63. The predicted octanol–water partition coefficient (Wildman–Crippen LogP) is 2.27. The van der Waals surface area contributed by atoms with Gasteiger partial charge in [-0.05, 0) is 31.4 Å². The molecule has 0 unspecified atom stereocenters. The van der Waals surface area contributed by atoms with Crippen molar-refractivity contribution in [3.63, 3.8) is 0 Å². The number of rotatable bonds is 3. The third kappa shape index (κ3) is 2.66. The highest BCUT2D eigenvalue weighted by Gasteiger charge is 2.20. The summed E-state index contributed by atoms with van der Waals surface area (Å²) >= 11 is 1.27. The van der Waals surface area contributed by atoms with Crippen LogP contribution in [0.4, 0.5) is 0 Å². The number of carboxylic acid groups (broad SMARTS) is 1. The van der Waals surface area contributed by atoms with E-state index in [1.807, 2.05) is 11.8 Å². The van der Waals surface area contributed by atoms with Crippen LogP contribution in [0.3, 0.4) is 0 Å². The second-order valence-corrected chi connectivity index (χ2v) is 5.53. The molecule has 0 saturated carbocycles. The lowest BCUT2D eigenvalue weighted by atomic mass is 10.1. The molecule has 2 rings (SSSR count). The van der Waals surface area contributed by atoms with Crippen LogP contribution in [0.25, 0.3) is 0 Å². The van der Waals surface area contributed by atoms with Crippen molar-refractivity contribution in [3.8, 4) is 0 Å². The van der Waals surface area contributed by atoms with Crippen LogP contribution < -0.4 is 0 Å². The van der Waals surface area contributed by atoms with Gasteiger partial charge in [-0.15, -0.1) is 11.3 Å². The Balaban J connectivity index is 2.12. The molecule has 17 heavy (non-hydrogen) atoms. The molecule has 1 aliphatic rings. The number of nitrogens with zero attached hydrogens (tertiary/aromatic N) is 1. The third-order valence-electron chi connectivity index (χ3n) is 3.01. The van der Waals surface area contributed by atoms with Crippen LogP contribution in [0.5, 0.6) is 0 Å². The summed E-state index contributed by atoms with van der Waals surface area (Å²) in [6.45, 7) is 3.24. The summed E-state index contributed by atoms with van der Waals surface area (Å²) in [5.74, 6) is -0.715. The highest BCUT2D eigenvalue weighted by atomic mass is 32.1. The fraction of sp³-hybridized carbons (Fsp3) is 0.500. The molecule has 1 amide bonds. The third-order valence-corrected chi connectivity index (χ3v) is 4.09. The lowest BCUT2D eigenvalue weighted by Gasteiger charge is -2.26. The van der Waals surface area contributed by atoms with E-state index in [0.717, 1.165) is 29.8 Å². The molecule has 1 fully saturated rings. The summed E-state index contributed by atoms with van der Waals surface area (Å²) in [6, 6.07) is 1.68. The van der Waals surface area contributed by atoms with E-state index in [1.54, 1.807) is 6.07 Å². The highest BCUT2D eigenvalue weighted by molar-refractivity contribution is 7.14. The van der Waals surface area contributed by atoms with Gasteiger partial charge < -0.3 is 10.0 Å². The lowest BCUT2D eigenvalue weighted by Crippen LogP contribution is -2.34. The zero-order chi connectivity index (χ0) is 12.4. The van der Waals surface area contributed by atoms with E-state index in [0.29, 0.717) is 17.8 Å². The number of carboxylic acids is 1. The number of carbonyl (C=O) groups is 2. The Morgan fingerprint density at radius 1 is 1.53 bits per heavy atom. The first-order chi connectivity index (χ1) is 8.08. The van der Waals surface area contributed by atoms with Crippen molar-refractivity contribution >= 4 is 23.2 Å². The number of likely N-dealkylation sites (tertiary alicyclic amines) is 1. The fourth-order valence-electron chi connectivity index (χ4n) is 2.02. The maximum absolute atomic E-state index is 11.7. The standard InChI is InChI=1S/C12H15NO3S/c1-8-9(6-10(17-8)12(15)16)7-13-5-3-2-4-11(13)14/h6H,2-5,7H2,1H3,(H,15,16). The fourth-order valence-corrected chi connectivity index (χ4v) is 2.89. The zero-order valence-electron chi connectivity index (χ0n) is 9.73. The number of piperidine rings is 1. The minimum atomic E-state index is -0.894. The Labute approximate surface area is 104 Å². The largest absolute Gasteiger partial charge is 0.477 e. The molecular weight excluding hydrogens is 238 g/mol. The Bertz CT molecular complexity index is 453. The molecule has 0 atom stereocenters. The zero-order valence-corrected chi connectivity index (χ0v) is 10.5. The van der Waals surface area contributed by atoms with Gasteiger partial charge in [0.15, 0.2) is 0 Å². The first-order valence-corrected chi connectivity index (χ1v) is 6.50. The van der Waals surface area contributed by atoms with Gasteiger partial charge in [0.25, 0.3) is 0 Å². The molecule has 5 heteroatoms. The second-order valence-electron chi connectivity index (χ2n) is 4.27. The SMILES string of the molecule is Cc1sc(C(=O)O)cc1CN1CCCCC1=O. The number of hydrogen-bond donors (Lipinski definition) is 1. The predicted molar refractivity (Wildman–Crippen MR) is 65.3 cm³/mol. The van der Waals surface area contributed by atoms with Crippen LogP contribution in [0.1, 0.15) is 39.4 Å². The molecular formula is C12H15NO3S. The van der Waals surface area contributed by atoms with E-state index in [4.69, 9.17) is 5.11 Å². The van der Waals surface area contributed by atoms with Crippen molar-refractivity contribution in [2.24, 2.45) is 0 Å². The minimum absolute atomic E-state index is 0.179. The average Bonchev–Trinajstić information content (AvgIpc) is 2.64. The van der Waals surface area contributed by atoms with E-state index in [1.165, 1.54) is 11.3 Å². The monoisotopic (exact) mass is 253 g/mol. The molecule has 0 aliphatic carbocycles. The molecule has 1 aromatic heterocycles. The molecule has 0 radical (unpaired) electrons. The van der Waals surface area contributed by atoms with E-state index in [9.17, 15) is 9.59 Å². The van der Waals surface area contributed by atoms with Crippen LogP contribution in [0, 0.1) is 6.92 Å². The molecule has 0 aromatic carbocycles. The van der Waals surface area contributed by atoms with Gasteiger partial charge in [0.05, 0.1) is 0 Å². The normalized spacial score (nSPS) is 16.3. The molecule has 92 valence electrons. The summed E-state index contributed by atoms with van der Waals surface area (Å²) in [4.78, 5) is 25.7. The van der Waals surface area contributed by atoms with Crippen LogP contribution in [0.15, 0.2) is 6.07 Å². The molecule has 1 aromatic rings. The number of aromatic carboxylic acids is 1. The van der Waals surface area contributed by atoms with Gasteiger partial charge in [-0.2, -0.15) is 0 Å². The van der Waals surface area contributed by atoms with E-state index >= 15 is 0 Å². The summed E-state index contributed by atoms with van der Waals surface area (Å²) in [5.41, 5.74) is 0.961. The smallest absolute Gasteiger partial charge is 0.345 e. The molecule has 2 heterocycles. The average molecular weight is 253 g/mol. The van der Waals surface area contributed by atoms with Crippen molar-refractivity contribution in [1.82, 2.24) is 4.90 Å². The van der Waals surface area contributed by atoms with Gasteiger partial charge in [0, 0.05) is 24.4 Å². The van der Waals surface area contributed by atoms with Crippen molar-refractivity contribution in [3.05, 3.63) is 21.4 Å². The molecule has 1 N–H and O–H groups in total. The van der Waals surface area contributed by atoms with Crippen LogP contribution >= 0.6 is 11.3 Å². The van der Waals surface area contributed by atoms with Crippen LogP contribution in [-0.4, -0.2) is 28.4 Å². The second kappa shape index (κ2) is 4.87. The van der Waals surface area contributed by atoms with E-state index in [-0.39, 0.29) is 5.91 Å². The van der Waals surface area contributed by atoms with Gasteiger partial charge in [0.1, 0.15) is 4.88 Å². The highest BCUT2D eigenvalue weighted by Crippen LogP contribution is 2.24. The Hall–Kier alpha value is -1.36. The van der Waals surface area contributed by atoms with Crippen molar-refractivity contribution in [2.45, 2.75) is 32.7 Å². The molecule has 0 spiro atoms. The van der Waals surface area contributed by atoms with E-state index < -0.39 is 5.97 Å². The van der Waals surface area contributed by atoms with E-state index in [2.05, 4.69) is 0 Å². The Kier molecular flexibility index (Phi) is 3.47. The van der Waals surface area contributed by atoms with Crippen molar-refractivity contribution < 1.29 is 14.7 Å². The molecule has 4 nitrogen and oxygen atoms in total. The molecule has 0 bridgehead atoms. The van der Waals surface area contributed by atoms with Gasteiger partial charge in [-0.1, -0.05) is 0 Å². The summed E-state index contributed by atoms with van der Waals surface area (Å²) < 4.78 is 0. The van der Waals surface area contributed by atoms with Crippen LogP contribution in [-0.2, 0) is 11.3 Å². The molecule has 1 saturated heterocycles. The lowest BCUT2D eigenvalue weighted by molar-refractivity contribution is -0.133. The Morgan fingerprint density at radius 2 is 2.29 bits per heavy atom. The summed E-state index contributed by atoms with van der Waals surface area (Å²) in [7, 11) is 0. The van der Waals surface area contributed by atoms with Gasteiger partial charge in [0.2, 0.25) is 5.91 Å². The number of amides is 1. The number of carbonyl (C=O) groups excluding carboxylic acids is 1. The molecule has 1 aliphatic heterocycles. The van der Waals surface area contributed by atoms with Gasteiger partial charge >= 0.3 is 5.97 Å². The van der Waals surface area contributed by atoms with Gasteiger partial charge in [-0.3, -0.25) is 4.79 Å². The topological polar surface area (TPSA) is 57.6 Å². The summed E-state index contributed by atoms with van der Waals surface area (Å²) in [5, 5.41) is 8.91. The van der Waals surface area contributed by atoms with Crippen molar-refractivity contribution in [2.75, 3.05) is 6.54 Å². The number of hydrogen-bond acceptors (Lipinski definition) is 3. The first-order valence-electron chi connectivity index (χ1n) is 5.68. The van der Waals surface area contributed by atoms with Gasteiger partial charge in [-0.25, -0.2) is 4.79 Å². The Morgan fingerprint density at radius 3 is 2.88 bits per heavy atom. The first kappa shape index (κ1) is 12.1.